The SMILES string of the molecule is CCC(Sc1nc2ccccc2s1)C(=O)ONc1cc(C)on1. The van der Waals surface area contributed by atoms with E-state index in [0.717, 1.165) is 14.6 Å². The summed E-state index contributed by atoms with van der Waals surface area (Å²) in [5, 5.41) is 3.37. The number of benzene rings is 1. The second-order valence-corrected chi connectivity index (χ2v) is 7.29. The number of carbonyl (C=O) groups is 1. The van der Waals surface area contributed by atoms with Crippen molar-refractivity contribution >= 4 is 45.1 Å². The van der Waals surface area contributed by atoms with Gasteiger partial charge in [0.2, 0.25) is 5.82 Å². The van der Waals surface area contributed by atoms with Gasteiger partial charge in [-0.1, -0.05) is 36.0 Å². The number of nitrogens with zero attached hydrogens (tertiary/aromatic N) is 2. The highest BCUT2D eigenvalue weighted by Gasteiger charge is 2.22. The average Bonchev–Trinajstić information content (AvgIpc) is 3.15. The zero-order chi connectivity index (χ0) is 16.2. The van der Waals surface area contributed by atoms with Gasteiger partial charge in [0.05, 0.1) is 10.2 Å². The number of thiazole rings is 1. The fraction of sp³-hybridized carbons (Fsp3) is 0.267. The molecule has 1 unspecified atom stereocenters. The van der Waals surface area contributed by atoms with Crippen molar-refractivity contribution in [3.63, 3.8) is 0 Å². The molecule has 0 radical (unpaired) electrons. The molecule has 1 N–H and O–H groups in total. The normalized spacial score (nSPS) is 12.3. The van der Waals surface area contributed by atoms with E-state index in [1.54, 1.807) is 24.3 Å². The molecule has 0 saturated carbocycles. The van der Waals surface area contributed by atoms with E-state index in [-0.39, 0.29) is 11.2 Å². The summed E-state index contributed by atoms with van der Waals surface area (Å²) in [5.74, 6) is 0.646. The molecule has 3 rings (SSSR count). The second kappa shape index (κ2) is 7.01. The first-order chi connectivity index (χ1) is 11.2. The number of thioether (sulfide) groups is 1. The molecule has 0 fully saturated rings. The van der Waals surface area contributed by atoms with E-state index in [2.05, 4.69) is 15.6 Å². The molecule has 0 bridgehead atoms. The molecular formula is C15H15N3O3S2. The molecule has 0 aliphatic carbocycles. The van der Waals surface area contributed by atoms with E-state index in [9.17, 15) is 4.79 Å². The lowest BCUT2D eigenvalue weighted by Crippen LogP contribution is -2.22. The van der Waals surface area contributed by atoms with Gasteiger partial charge < -0.3 is 9.36 Å². The minimum absolute atomic E-state index is 0.337. The summed E-state index contributed by atoms with van der Waals surface area (Å²) in [4.78, 5) is 21.8. The lowest BCUT2D eigenvalue weighted by molar-refractivity contribution is -0.140. The Morgan fingerprint density at radius 1 is 1.48 bits per heavy atom. The van der Waals surface area contributed by atoms with Crippen LogP contribution >= 0.6 is 23.1 Å². The molecule has 0 aliphatic rings. The van der Waals surface area contributed by atoms with Gasteiger partial charge in [0.15, 0.2) is 4.34 Å². The van der Waals surface area contributed by atoms with Gasteiger partial charge in [0.1, 0.15) is 11.0 Å². The smallest absolute Gasteiger partial charge is 0.345 e. The summed E-state index contributed by atoms with van der Waals surface area (Å²) in [5.41, 5.74) is 3.45. The number of para-hydroxylation sites is 1. The van der Waals surface area contributed by atoms with E-state index in [1.165, 1.54) is 11.8 Å². The number of fused-ring (bicyclic) bond motifs is 1. The molecule has 1 aromatic carbocycles. The number of nitrogens with one attached hydrogen (secondary N) is 1. The molecule has 120 valence electrons. The van der Waals surface area contributed by atoms with Crippen molar-refractivity contribution in [1.29, 1.82) is 0 Å². The van der Waals surface area contributed by atoms with Crippen LogP contribution < -0.4 is 5.48 Å². The highest BCUT2D eigenvalue weighted by Crippen LogP contribution is 2.33. The Balaban J connectivity index is 1.63. The highest BCUT2D eigenvalue weighted by molar-refractivity contribution is 8.02. The summed E-state index contributed by atoms with van der Waals surface area (Å²) < 4.78 is 6.86. The van der Waals surface area contributed by atoms with Crippen LogP contribution in [0.2, 0.25) is 0 Å². The third-order valence-corrected chi connectivity index (χ3v) is 5.51. The van der Waals surface area contributed by atoms with Crippen LogP contribution in [0.25, 0.3) is 10.2 Å². The lowest BCUT2D eigenvalue weighted by Gasteiger charge is -2.11. The molecule has 23 heavy (non-hydrogen) atoms. The molecule has 0 amide bonds. The van der Waals surface area contributed by atoms with Crippen LogP contribution in [-0.4, -0.2) is 21.4 Å². The minimum atomic E-state index is -0.364. The monoisotopic (exact) mass is 349 g/mol. The van der Waals surface area contributed by atoms with Gasteiger partial charge in [-0.25, -0.2) is 9.78 Å². The van der Waals surface area contributed by atoms with E-state index < -0.39 is 0 Å². The second-order valence-electron chi connectivity index (χ2n) is 4.81. The van der Waals surface area contributed by atoms with Crippen LogP contribution in [0, 0.1) is 6.92 Å². The fourth-order valence-electron chi connectivity index (χ4n) is 1.90. The molecular weight excluding hydrogens is 334 g/mol. The number of aryl methyl sites for hydroxylation is 1. The first kappa shape index (κ1) is 15.8. The molecule has 8 heteroatoms. The summed E-state index contributed by atoms with van der Waals surface area (Å²) in [6, 6.07) is 9.56. The van der Waals surface area contributed by atoms with Crippen LogP contribution in [0.1, 0.15) is 19.1 Å². The molecule has 0 aliphatic heterocycles. The number of carbonyl (C=O) groups excluding carboxylic acids is 1. The standard InChI is InChI=1S/C15H15N3O3S2/c1-3-11(14(19)21-18-13-8-9(2)20-17-13)22-15-16-10-6-4-5-7-12(10)23-15/h4-8,11H,3H2,1-2H3,(H,17,18). The van der Waals surface area contributed by atoms with Gasteiger partial charge in [-0.05, 0) is 25.5 Å². The minimum Gasteiger partial charge on any atom is -0.359 e. The van der Waals surface area contributed by atoms with Crippen molar-refractivity contribution in [2.24, 2.45) is 0 Å². The van der Waals surface area contributed by atoms with Crippen LogP contribution in [0.3, 0.4) is 0 Å². The summed E-state index contributed by atoms with van der Waals surface area (Å²) in [6.07, 6.45) is 0.638. The Labute approximate surface area is 141 Å². The molecule has 2 heterocycles. The number of aromatic nitrogens is 2. The number of hydrogen-bond donors (Lipinski definition) is 1. The zero-order valence-corrected chi connectivity index (χ0v) is 14.2. The molecule has 0 spiro atoms. The molecule has 3 aromatic rings. The maximum atomic E-state index is 12.2. The third-order valence-electron chi connectivity index (χ3n) is 3.04. The van der Waals surface area contributed by atoms with E-state index in [0.29, 0.717) is 18.0 Å². The van der Waals surface area contributed by atoms with Gasteiger partial charge in [-0.15, -0.1) is 11.3 Å². The van der Waals surface area contributed by atoms with Crippen LogP contribution in [0.5, 0.6) is 0 Å². The average molecular weight is 349 g/mol. The van der Waals surface area contributed by atoms with Gasteiger partial charge in [-0.3, -0.25) is 0 Å². The Bertz CT molecular complexity index is 782. The Morgan fingerprint density at radius 3 is 3.00 bits per heavy atom. The van der Waals surface area contributed by atoms with Crippen molar-refractivity contribution in [2.75, 3.05) is 5.48 Å². The van der Waals surface area contributed by atoms with E-state index in [4.69, 9.17) is 9.36 Å². The van der Waals surface area contributed by atoms with E-state index >= 15 is 0 Å². The topological polar surface area (TPSA) is 77.2 Å². The summed E-state index contributed by atoms with van der Waals surface area (Å²) >= 11 is 2.98. The van der Waals surface area contributed by atoms with Gasteiger partial charge in [0, 0.05) is 6.07 Å². The van der Waals surface area contributed by atoms with Crippen LogP contribution in [-0.2, 0) is 9.63 Å². The van der Waals surface area contributed by atoms with Gasteiger partial charge >= 0.3 is 5.97 Å². The molecule has 1 atom stereocenters. The predicted molar refractivity (Wildman–Crippen MR) is 90.5 cm³/mol. The number of anilines is 1. The zero-order valence-electron chi connectivity index (χ0n) is 12.6. The van der Waals surface area contributed by atoms with Gasteiger partial charge in [0.25, 0.3) is 0 Å². The molecule has 2 aromatic heterocycles. The fourth-order valence-corrected chi connectivity index (χ4v) is 4.12. The number of hydrogen-bond acceptors (Lipinski definition) is 8. The predicted octanol–water partition coefficient (Wildman–Crippen LogP) is 4.03. The number of rotatable bonds is 6. The maximum Gasteiger partial charge on any atom is 0.345 e. The summed E-state index contributed by atoms with van der Waals surface area (Å²) in [7, 11) is 0. The lowest BCUT2D eigenvalue weighted by atomic mass is 10.3. The maximum absolute atomic E-state index is 12.2. The van der Waals surface area contributed by atoms with Crippen molar-refractivity contribution in [3.8, 4) is 0 Å². The Kier molecular flexibility index (Phi) is 4.82. The first-order valence-corrected chi connectivity index (χ1v) is 8.77. The quantitative estimate of drug-likeness (QED) is 0.531. The molecule has 6 nitrogen and oxygen atoms in total. The van der Waals surface area contributed by atoms with Crippen LogP contribution in [0.15, 0.2) is 39.2 Å². The highest BCUT2D eigenvalue weighted by atomic mass is 32.2. The van der Waals surface area contributed by atoms with Crippen molar-refractivity contribution in [2.45, 2.75) is 29.9 Å². The van der Waals surface area contributed by atoms with Crippen molar-refractivity contribution in [3.05, 3.63) is 36.1 Å². The largest absolute Gasteiger partial charge is 0.359 e. The van der Waals surface area contributed by atoms with Gasteiger partial charge in [-0.2, -0.15) is 5.48 Å². The first-order valence-electron chi connectivity index (χ1n) is 7.08. The van der Waals surface area contributed by atoms with E-state index in [1.807, 2.05) is 31.2 Å². The van der Waals surface area contributed by atoms with Crippen molar-refractivity contribution in [1.82, 2.24) is 10.1 Å². The van der Waals surface area contributed by atoms with Crippen LogP contribution in [0.4, 0.5) is 5.82 Å². The Hall–Kier alpha value is -2.06. The third kappa shape index (κ3) is 3.83. The Morgan fingerprint density at radius 2 is 2.30 bits per heavy atom. The van der Waals surface area contributed by atoms with Crippen molar-refractivity contribution < 1.29 is 14.2 Å². The summed E-state index contributed by atoms with van der Waals surface area (Å²) in [6.45, 7) is 3.70. The molecule has 0 saturated heterocycles.